The number of pyridine rings is 1. The van der Waals surface area contributed by atoms with Crippen molar-refractivity contribution in [2.75, 3.05) is 0 Å². The zero-order chi connectivity index (χ0) is 18.1. The molecular formula is C23H28N+. The molecule has 0 spiro atoms. The minimum Gasteiger partial charge on any atom is -0.200 e. The lowest BCUT2D eigenvalue weighted by Gasteiger charge is -2.15. The van der Waals surface area contributed by atoms with E-state index in [0.717, 1.165) is 5.56 Å². The number of hydrogen-bond donors (Lipinski definition) is 0. The molecule has 0 atom stereocenters. The monoisotopic (exact) mass is 319 g/mol. The van der Waals surface area contributed by atoms with Gasteiger partial charge in [0.15, 0.2) is 6.20 Å². The van der Waals surface area contributed by atoms with Crippen molar-refractivity contribution in [2.24, 2.45) is 7.05 Å². The van der Waals surface area contributed by atoms with Gasteiger partial charge in [-0.2, -0.15) is 0 Å². The smallest absolute Gasteiger partial charge is 0.200 e. The molecular weight excluding hydrogens is 290 g/mol. The molecule has 0 saturated heterocycles. The lowest BCUT2D eigenvalue weighted by atomic mass is 9.91. The van der Waals surface area contributed by atoms with Gasteiger partial charge in [-0.05, 0) is 66.8 Å². The Morgan fingerprint density at radius 3 is 2.50 bits per heavy atom. The van der Waals surface area contributed by atoms with Crippen LogP contribution in [0.25, 0.3) is 22.0 Å². The topological polar surface area (TPSA) is 3.88 Å². The Balaban J connectivity index is 2.27. The zero-order valence-electron chi connectivity index (χ0n) is 16.5. The minimum absolute atomic E-state index is 0.573. The van der Waals surface area contributed by atoms with Gasteiger partial charge in [-0.3, -0.25) is 0 Å². The molecule has 0 saturated carbocycles. The quantitative estimate of drug-likeness (QED) is 0.531. The number of rotatable bonds is 4. The second-order valence-electron chi connectivity index (χ2n) is 6.81. The molecule has 0 aliphatic rings. The summed E-state index contributed by atoms with van der Waals surface area (Å²) in [6.45, 7) is 8.77. The highest BCUT2D eigenvalue weighted by Crippen LogP contribution is 2.32. The van der Waals surface area contributed by atoms with E-state index in [1.54, 1.807) is 0 Å². The first-order chi connectivity index (χ1) is 12.0. The first kappa shape index (κ1) is 15.4. The van der Waals surface area contributed by atoms with Gasteiger partial charge in [-0.25, -0.2) is 4.57 Å². The Bertz CT molecular complexity index is 923. The lowest BCUT2D eigenvalue weighted by Crippen LogP contribution is -2.30. The molecule has 3 rings (SSSR count). The van der Waals surface area contributed by atoms with Gasteiger partial charge in [0, 0.05) is 11.6 Å². The molecule has 0 bridgehead atoms. The Hall–Kier alpha value is -2.15. The van der Waals surface area contributed by atoms with Gasteiger partial charge in [0.1, 0.15) is 7.05 Å². The molecule has 3 aromatic rings. The Kier molecular flexibility index (Phi) is 4.34. The van der Waals surface area contributed by atoms with Crippen molar-refractivity contribution in [3.8, 4) is 11.3 Å². The Morgan fingerprint density at radius 1 is 1.04 bits per heavy atom. The summed E-state index contributed by atoms with van der Waals surface area (Å²) in [6.07, 6.45) is 4.49. The number of hydrogen-bond acceptors (Lipinski definition) is 0. The number of aryl methyl sites for hydroxylation is 2. The van der Waals surface area contributed by atoms with E-state index in [4.69, 9.17) is 1.37 Å². The molecule has 1 heterocycles. The van der Waals surface area contributed by atoms with E-state index in [9.17, 15) is 0 Å². The van der Waals surface area contributed by atoms with Gasteiger partial charge in [0.25, 0.3) is 0 Å². The van der Waals surface area contributed by atoms with Crippen LogP contribution in [0.3, 0.4) is 0 Å². The molecule has 2 aromatic carbocycles. The average Bonchev–Trinajstić information content (AvgIpc) is 2.59. The summed E-state index contributed by atoms with van der Waals surface area (Å²) >= 11 is 0. The predicted molar refractivity (Wildman–Crippen MR) is 103 cm³/mol. The molecule has 0 radical (unpaired) electrons. The number of fused-ring (bicyclic) bond motifs is 1. The largest absolute Gasteiger partial charge is 0.220 e. The van der Waals surface area contributed by atoms with Gasteiger partial charge < -0.3 is 0 Å². The predicted octanol–water partition coefficient (Wildman–Crippen LogP) is 5.85. The second-order valence-corrected chi connectivity index (χ2v) is 6.81. The van der Waals surface area contributed by atoms with Crippen LogP contribution in [0, 0.1) is 13.8 Å². The van der Waals surface area contributed by atoms with Crippen molar-refractivity contribution in [1.82, 2.24) is 0 Å². The summed E-state index contributed by atoms with van der Waals surface area (Å²) in [5.41, 5.74) is 6.22. The SMILES string of the molecule is [2H]c1cc(C)c(C)c(-c2c3ccc(C(CC)CC)cc3cc[n+]2C)c1. The summed E-state index contributed by atoms with van der Waals surface area (Å²) in [6, 6.07) is 13.6. The van der Waals surface area contributed by atoms with E-state index >= 15 is 0 Å². The standard InChI is InChI=1S/C23H28N/c1-6-18(7-2)19-11-12-22-20(15-19)13-14-24(5)23(22)21-10-8-9-16(3)17(21)4/h8-15,18H,6-7H2,1-5H3/q+1/i8D. The fraction of sp³-hybridized carbons (Fsp3) is 0.348. The first-order valence-electron chi connectivity index (χ1n) is 9.46. The van der Waals surface area contributed by atoms with E-state index < -0.39 is 0 Å². The highest BCUT2D eigenvalue weighted by atomic mass is 14.9. The maximum Gasteiger partial charge on any atom is 0.220 e. The summed E-state index contributed by atoms with van der Waals surface area (Å²) in [5, 5.41) is 2.54. The van der Waals surface area contributed by atoms with Gasteiger partial charge in [0.05, 0.1) is 6.76 Å². The summed E-state index contributed by atoms with van der Waals surface area (Å²) < 4.78 is 10.3. The van der Waals surface area contributed by atoms with Crippen LogP contribution in [-0.2, 0) is 7.05 Å². The van der Waals surface area contributed by atoms with E-state index in [1.165, 1.54) is 46.0 Å². The highest BCUT2D eigenvalue weighted by Gasteiger charge is 2.18. The van der Waals surface area contributed by atoms with Crippen LogP contribution in [0.2, 0.25) is 0 Å². The Morgan fingerprint density at radius 2 is 1.79 bits per heavy atom. The minimum atomic E-state index is 0.573. The van der Waals surface area contributed by atoms with Crippen LogP contribution >= 0.6 is 0 Å². The number of benzene rings is 2. The van der Waals surface area contributed by atoms with Gasteiger partial charge >= 0.3 is 0 Å². The van der Waals surface area contributed by atoms with Crippen LogP contribution in [0.15, 0.2) is 48.6 Å². The molecule has 1 nitrogen and oxygen atoms in total. The number of aromatic nitrogens is 1. The van der Waals surface area contributed by atoms with E-state index in [-0.39, 0.29) is 0 Å². The van der Waals surface area contributed by atoms with Crippen LogP contribution in [-0.4, -0.2) is 0 Å². The molecule has 0 aliphatic heterocycles. The van der Waals surface area contributed by atoms with E-state index in [2.05, 4.69) is 69.8 Å². The summed E-state index contributed by atoms with van der Waals surface area (Å²) in [4.78, 5) is 0. The van der Waals surface area contributed by atoms with E-state index in [1.807, 2.05) is 12.1 Å². The molecule has 0 unspecified atom stereocenters. The average molecular weight is 319 g/mol. The molecule has 1 aromatic heterocycles. The van der Waals surface area contributed by atoms with Crippen molar-refractivity contribution in [3.05, 3.63) is 65.3 Å². The molecule has 0 amide bonds. The lowest BCUT2D eigenvalue weighted by molar-refractivity contribution is -0.659. The van der Waals surface area contributed by atoms with Crippen molar-refractivity contribution in [1.29, 1.82) is 0 Å². The van der Waals surface area contributed by atoms with Crippen LogP contribution < -0.4 is 4.57 Å². The van der Waals surface area contributed by atoms with Crippen molar-refractivity contribution >= 4 is 10.8 Å². The van der Waals surface area contributed by atoms with Crippen LogP contribution in [0.1, 0.15) is 50.7 Å². The first-order valence-corrected chi connectivity index (χ1v) is 8.96. The molecule has 124 valence electrons. The van der Waals surface area contributed by atoms with Crippen LogP contribution in [0.5, 0.6) is 0 Å². The summed E-state index contributed by atoms with van der Waals surface area (Å²) in [7, 11) is 2.09. The number of nitrogens with zero attached hydrogens (tertiary/aromatic N) is 1. The van der Waals surface area contributed by atoms with Crippen LogP contribution in [0.4, 0.5) is 0 Å². The molecule has 0 fully saturated rings. The highest BCUT2D eigenvalue weighted by molar-refractivity contribution is 5.94. The van der Waals surface area contributed by atoms with Gasteiger partial charge in [-0.15, -0.1) is 0 Å². The fourth-order valence-electron chi connectivity index (χ4n) is 3.67. The zero-order valence-corrected chi connectivity index (χ0v) is 15.5. The Labute approximate surface area is 147 Å². The molecule has 1 heteroatoms. The maximum absolute atomic E-state index is 8.13. The fourth-order valence-corrected chi connectivity index (χ4v) is 3.67. The van der Waals surface area contributed by atoms with Gasteiger partial charge in [-0.1, -0.05) is 38.1 Å². The molecule has 0 aliphatic carbocycles. The summed E-state index contributed by atoms with van der Waals surface area (Å²) in [5.74, 6) is 0.627. The van der Waals surface area contributed by atoms with E-state index in [0.29, 0.717) is 12.0 Å². The third-order valence-corrected chi connectivity index (χ3v) is 5.40. The van der Waals surface area contributed by atoms with Gasteiger partial charge in [0.2, 0.25) is 5.69 Å². The molecule has 24 heavy (non-hydrogen) atoms. The van der Waals surface area contributed by atoms with Crippen molar-refractivity contribution in [2.45, 2.75) is 46.5 Å². The third kappa shape index (κ3) is 2.84. The normalized spacial score (nSPS) is 12.0. The molecule has 0 N–H and O–H groups in total. The van der Waals surface area contributed by atoms with Crippen molar-refractivity contribution < 1.29 is 5.94 Å². The third-order valence-electron chi connectivity index (χ3n) is 5.40. The second kappa shape index (κ2) is 6.76. The maximum atomic E-state index is 8.13. The van der Waals surface area contributed by atoms with Crippen molar-refractivity contribution in [3.63, 3.8) is 0 Å².